The lowest BCUT2D eigenvalue weighted by Gasteiger charge is -2.41. The standard InChI is InChI=1S/C21H22F3N3O/c1-27-18(6-8-20(27)9-11-26-19(28)13-20)17-12-15(7-10-25-17)14-2-4-16(5-3-14)21(22,23)24/h2-5,7,10,12,18H,6,8-9,11,13H2,1H3,(H,26,28)/t18-,20-/m0/s1. The Morgan fingerprint density at radius 1 is 1.14 bits per heavy atom. The molecule has 2 atom stereocenters. The van der Waals surface area contributed by atoms with Crippen LogP contribution >= 0.6 is 0 Å². The van der Waals surface area contributed by atoms with Gasteiger partial charge in [-0.25, -0.2) is 0 Å². The van der Waals surface area contributed by atoms with E-state index in [0.717, 1.165) is 48.2 Å². The molecule has 4 nitrogen and oxygen atoms in total. The van der Waals surface area contributed by atoms with Crippen LogP contribution < -0.4 is 5.32 Å². The number of likely N-dealkylation sites (tertiary alicyclic amines) is 1. The lowest BCUT2D eigenvalue weighted by molar-refractivity contribution is -0.137. The van der Waals surface area contributed by atoms with Gasteiger partial charge in [-0.15, -0.1) is 0 Å². The number of piperidine rings is 1. The highest BCUT2D eigenvalue weighted by Crippen LogP contribution is 2.45. The van der Waals surface area contributed by atoms with Gasteiger partial charge < -0.3 is 5.32 Å². The molecule has 2 fully saturated rings. The van der Waals surface area contributed by atoms with Gasteiger partial charge in [0, 0.05) is 24.7 Å². The van der Waals surface area contributed by atoms with E-state index < -0.39 is 11.7 Å². The Hall–Kier alpha value is -2.41. The van der Waals surface area contributed by atoms with Crippen LogP contribution in [0, 0.1) is 0 Å². The first kappa shape index (κ1) is 18.9. The molecule has 0 unspecified atom stereocenters. The van der Waals surface area contributed by atoms with E-state index in [9.17, 15) is 18.0 Å². The Labute approximate surface area is 161 Å². The molecule has 0 radical (unpaired) electrons. The first-order chi connectivity index (χ1) is 13.3. The van der Waals surface area contributed by atoms with Crippen molar-refractivity contribution in [3.63, 3.8) is 0 Å². The predicted molar refractivity (Wildman–Crippen MR) is 99.4 cm³/mol. The summed E-state index contributed by atoms with van der Waals surface area (Å²) in [7, 11) is 2.04. The summed E-state index contributed by atoms with van der Waals surface area (Å²) < 4.78 is 38.4. The molecule has 1 N–H and O–H groups in total. The van der Waals surface area contributed by atoms with Crippen molar-refractivity contribution in [2.45, 2.75) is 43.4 Å². The van der Waals surface area contributed by atoms with Crippen molar-refractivity contribution >= 4 is 5.91 Å². The summed E-state index contributed by atoms with van der Waals surface area (Å²) >= 11 is 0. The zero-order chi connectivity index (χ0) is 19.9. The van der Waals surface area contributed by atoms with E-state index in [0.29, 0.717) is 13.0 Å². The zero-order valence-corrected chi connectivity index (χ0v) is 15.6. The zero-order valence-electron chi connectivity index (χ0n) is 15.6. The second kappa shape index (κ2) is 6.88. The smallest absolute Gasteiger partial charge is 0.356 e. The van der Waals surface area contributed by atoms with E-state index >= 15 is 0 Å². The number of benzene rings is 1. The highest BCUT2D eigenvalue weighted by atomic mass is 19.4. The van der Waals surface area contributed by atoms with Gasteiger partial charge in [0.15, 0.2) is 0 Å². The summed E-state index contributed by atoms with van der Waals surface area (Å²) in [6.07, 6.45) is 0.633. The molecule has 2 aromatic rings. The van der Waals surface area contributed by atoms with Crippen LogP contribution in [0.5, 0.6) is 0 Å². The predicted octanol–water partition coefficient (Wildman–Crippen LogP) is 4.18. The second-order valence-electron chi connectivity index (χ2n) is 7.71. The second-order valence-corrected chi connectivity index (χ2v) is 7.71. The monoisotopic (exact) mass is 389 g/mol. The Balaban J connectivity index is 1.58. The first-order valence-corrected chi connectivity index (χ1v) is 9.42. The molecule has 1 amide bonds. The molecule has 0 bridgehead atoms. The van der Waals surface area contributed by atoms with E-state index in [2.05, 4.69) is 15.2 Å². The van der Waals surface area contributed by atoms with Crippen LogP contribution in [0.25, 0.3) is 11.1 Å². The molecule has 1 aromatic heterocycles. The fraction of sp³-hybridized carbons (Fsp3) is 0.429. The maximum absolute atomic E-state index is 12.8. The molecule has 148 valence electrons. The lowest BCUT2D eigenvalue weighted by atomic mass is 9.86. The molecular formula is C21H22F3N3O. The largest absolute Gasteiger partial charge is 0.416 e. The van der Waals surface area contributed by atoms with Crippen molar-refractivity contribution < 1.29 is 18.0 Å². The fourth-order valence-electron chi connectivity index (χ4n) is 4.51. The number of carbonyl (C=O) groups is 1. The topological polar surface area (TPSA) is 45.2 Å². The molecule has 2 saturated heterocycles. The number of halogens is 3. The number of hydrogen-bond donors (Lipinski definition) is 1. The molecule has 4 rings (SSSR count). The van der Waals surface area contributed by atoms with Crippen LogP contribution in [0.15, 0.2) is 42.6 Å². The number of hydrogen-bond acceptors (Lipinski definition) is 3. The van der Waals surface area contributed by atoms with Crippen LogP contribution in [0.2, 0.25) is 0 Å². The van der Waals surface area contributed by atoms with E-state index in [1.165, 1.54) is 12.1 Å². The van der Waals surface area contributed by atoms with Crippen molar-refractivity contribution in [3.8, 4) is 11.1 Å². The van der Waals surface area contributed by atoms with Crippen molar-refractivity contribution in [2.75, 3.05) is 13.6 Å². The van der Waals surface area contributed by atoms with E-state index in [-0.39, 0.29) is 17.5 Å². The van der Waals surface area contributed by atoms with Gasteiger partial charge in [-0.3, -0.25) is 14.7 Å². The Kier molecular flexibility index (Phi) is 4.65. The number of amides is 1. The van der Waals surface area contributed by atoms with Crippen LogP contribution in [0.4, 0.5) is 13.2 Å². The van der Waals surface area contributed by atoms with Crippen LogP contribution in [-0.4, -0.2) is 34.9 Å². The summed E-state index contributed by atoms with van der Waals surface area (Å²) in [5, 5.41) is 2.89. The highest BCUT2D eigenvalue weighted by Gasteiger charge is 2.47. The third kappa shape index (κ3) is 3.39. The van der Waals surface area contributed by atoms with Gasteiger partial charge in [0.05, 0.1) is 17.3 Å². The average molecular weight is 389 g/mol. The number of alkyl halides is 3. The van der Waals surface area contributed by atoms with Gasteiger partial charge in [-0.05, 0) is 61.7 Å². The van der Waals surface area contributed by atoms with E-state index in [1.807, 2.05) is 19.2 Å². The van der Waals surface area contributed by atoms with Gasteiger partial charge >= 0.3 is 6.18 Å². The third-order valence-electron chi connectivity index (χ3n) is 6.17. The first-order valence-electron chi connectivity index (χ1n) is 9.42. The quantitative estimate of drug-likeness (QED) is 0.838. The summed E-state index contributed by atoms with van der Waals surface area (Å²) in [6.45, 7) is 0.689. The summed E-state index contributed by atoms with van der Waals surface area (Å²) in [5.74, 6) is 0.0882. The minimum absolute atomic E-state index is 0.0882. The van der Waals surface area contributed by atoms with Gasteiger partial charge in [-0.2, -0.15) is 13.2 Å². The Bertz CT molecular complexity index is 881. The third-order valence-corrected chi connectivity index (χ3v) is 6.17. The SMILES string of the molecule is CN1[C@H](c2cc(-c3ccc(C(F)(F)F)cc3)ccn2)CC[C@@]12CCNC(=O)C2. The number of carbonyl (C=O) groups excluding carboxylic acids is 1. The minimum atomic E-state index is -4.34. The van der Waals surface area contributed by atoms with E-state index in [1.54, 1.807) is 6.20 Å². The van der Waals surface area contributed by atoms with Crippen LogP contribution in [0.3, 0.4) is 0 Å². The van der Waals surface area contributed by atoms with E-state index in [4.69, 9.17) is 0 Å². The van der Waals surface area contributed by atoms with Gasteiger partial charge in [0.1, 0.15) is 0 Å². The molecule has 7 heteroatoms. The van der Waals surface area contributed by atoms with Crippen molar-refractivity contribution in [1.29, 1.82) is 0 Å². The highest BCUT2D eigenvalue weighted by molar-refractivity contribution is 5.78. The molecule has 3 heterocycles. The molecule has 1 spiro atoms. The minimum Gasteiger partial charge on any atom is -0.356 e. The van der Waals surface area contributed by atoms with Gasteiger partial charge in [-0.1, -0.05) is 12.1 Å². The summed E-state index contributed by atoms with van der Waals surface area (Å²) in [4.78, 5) is 18.7. The number of pyridine rings is 1. The number of nitrogens with one attached hydrogen (secondary N) is 1. The normalized spacial score (nSPS) is 25.9. The lowest BCUT2D eigenvalue weighted by Crippen LogP contribution is -2.52. The van der Waals surface area contributed by atoms with Crippen molar-refractivity contribution in [3.05, 3.63) is 53.9 Å². The average Bonchev–Trinajstić information content (AvgIpc) is 2.97. The molecule has 0 saturated carbocycles. The Morgan fingerprint density at radius 2 is 1.89 bits per heavy atom. The van der Waals surface area contributed by atoms with Gasteiger partial charge in [0.2, 0.25) is 5.91 Å². The maximum Gasteiger partial charge on any atom is 0.416 e. The molecular weight excluding hydrogens is 367 g/mol. The fourth-order valence-corrected chi connectivity index (χ4v) is 4.51. The number of nitrogens with zero attached hydrogens (tertiary/aromatic N) is 2. The molecule has 28 heavy (non-hydrogen) atoms. The van der Waals surface area contributed by atoms with Crippen LogP contribution in [0.1, 0.15) is 43.0 Å². The summed E-state index contributed by atoms with van der Waals surface area (Å²) in [6, 6.07) is 9.05. The van der Waals surface area contributed by atoms with Crippen molar-refractivity contribution in [1.82, 2.24) is 15.2 Å². The molecule has 2 aliphatic heterocycles. The molecule has 1 aromatic carbocycles. The molecule has 2 aliphatic rings. The maximum atomic E-state index is 12.8. The summed E-state index contributed by atoms with van der Waals surface area (Å²) in [5.41, 5.74) is 1.68. The van der Waals surface area contributed by atoms with Crippen LogP contribution in [-0.2, 0) is 11.0 Å². The number of rotatable bonds is 2. The molecule has 0 aliphatic carbocycles. The Morgan fingerprint density at radius 3 is 2.57 bits per heavy atom. The number of aromatic nitrogens is 1. The van der Waals surface area contributed by atoms with Crippen molar-refractivity contribution in [2.24, 2.45) is 0 Å². The van der Waals surface area contributed by atoms with Gasteiger partial charge in [0.25, 0.3) is 0 Å².